The molecule has 1 fully saturated rings. The van der Waals surface area contributed by atoms with Gasteiger partial charge in [0.15, 0.2) is 0 Å². The van der Waals surface area contributed by atoms with E-state index in [2.05, 4.69) is 24.5 Å². The quantitative estimate of drug-likeness (QED) is 0.876. The monoisotopic (exact) mass is 274 g/mol. The number of hydrogen-bond acceptors (Lipinski definition) is 2. The van der Waals surface area contributed by atoms with Crippen LogP contribution in [-0.4, -0.2) is 18.5 Å². The molecule has 2 rings (SSSR count). The Morgan fingerprint density at radius 3 is 2.55 bits per heavy atom. The average Bonchev–Trinajstić information content (AvgIpc) is 2.42. The van der Waals surface area contributed by atoms with Crippen molar-refractivity contribution in [3.63, 3.8) is 0 Å². The second-order valence-electron chi connectivity index (χ2n) is 6.49. The van der Waals surface area contributed by atoms with Gasteiger partial charge in [0.2, 0.25) is 0 Å². The van der Waals surface area contributed by atoms with E-state index in [9.17, 15) is 4.79 Å². The highest BCUT2D eigenvalue weighted by Gasteiger charge is 2.27. The third-order valence-electron chi connectivity index (χ3n) is 4.21. The van der Waals surface area contributed by atoms with Gasteiger partial charge in [0, 0.05) is 18.3 Å². The highest BCUT2D eigenvalue weighted by molar-refractivity contribution is 5.99. The van der Waals surface area contributed by atoms with Crippen molar-refractivity contribution >= 4 is 11.6 Å². The van der Waals surface area contributed by atoms with Gasteiger partial charge in [0.25, 0.3) is 5.91 Å². The van der Waals surface area contributed by atoms with Gasteiger partial charge in [-0.15, -0.1) is 0 Å². The van der Waals surface area contributed by atoms with Gasteiger partial charge in [-0.1, -0.05) is 26.0 Å². The van der Waals surface area contributed by atoms with E-state index >= 15 is 0 Å². The fraction of sp³-hybridized carbons (Fsp3) is 0.588. The summed E-state index contributed by atoms with van der Waals surface area (Å²) in [6.07, 6.45) is 4.55. The van der Waals surface area contributed by atoms with Crippen LogP contribution in [0.25, 0.3) is 0 Å². The Kier molecular flexibility index (Phi) is 4.69. The zero-order valence-electron chi connectivity index (χ0n) is 12.8. The zero-order valence-corrected chi connectivity index (χ0v) is 12.8. The van der Waals surface area contributed by atoms with Crippen molar-refractivity contribution in [3.8, 4) is 0 Å². The molecule has 1 aromatic carbocycles. The van der Waals surface area contributed by atoms with Crippen LogP contribution in [-0.2, 0) is 0 Å². The SMILES string of the molecule is CCNc1ccccc1C(=O)NC1CCC(C)(C)CC1. The van der Waals surface area contributed by atoms with Crippen LogP contribution in [0.2, 0.25) is 0 Å². The molecule has 0 aliphatic heterocycles. The van der Waals surface area contributed by atoms with E-state index < -0.39 is 0 Å². The molecule has 110 valence electrons. The molecule has 1 saturated carbocycles. The normalized spacial score (nSPS) is 18.6. The molecule has 0 saturated heterocycles. The lowest BCUT2D eigenvalue weighted by molar-refractivity contribution is 0.0910. The van der Waals surface area contributed by atoms with Crippen LogP contribution in [0.15, 0.2) is 24.3 Å². The molecule has 1 aliphatic carbocycles. The predicted octanol–water partition coefficient (Wildman–Crippen LogP) is 3.82. The minimum Gasteiger partial charge on any atom is -0.385 e. The minimum absolute atomic E-state index is 0.0475. The molecule has 0 bridgehead atoms. The molecular weight excluding hydrogens is 248 g/mol. The summed E-state index contributed by atoms with van der Waals surface area (Å²) in [5.41, 5.74) is 2.10. The Balaban J connectivity index is 1.99. The standard InChI is InChI=1S/C17H26N2O/c1-4-18-15-8-6-5-7-14(15)16(20)19-13-9-11-17(2,3)12-10-13/h5-8,13,18H,4,9-12H2,1-3H3,(H,19,20). The Morgan fingerprint density at radius 1 is 1.25 bits per heavy atom. The first-order chi connectivity index (χ1) is 9.52. The van der Waals surface area contributed by atoms with Crippen LogP contribution in [0.1, 0.15) is 56.8 Å². The smallest absolute Gasteiger partial charge is 0.253 e. The molecular formula is C17H26N2O. The van der Waals surface area contributed by atoms with E-state index in [1.54, 1.807) is 0 Å². The first kappa shape index (κ1) is 14.9. The predicted molar refractivity (Wildman–Crippen MR) is 84.1 cm³/mol. The number of anilines is 1. The van der Waals surface area contributed by atoms with Crippen LogP contribution in [0.3, 0.4) is 0 Å². The van der Waals surface area contributed by atoms with Crippen molar-refractivity contribution < 1.29 is 4.79 Å². The highest BCUT2D eigenvalue weighted by Crippen LogP contribution is 2.35. The second-order valence-corrected chi connectivity index (χ2v) is 6.49. The summed E-state index contributed by atoms with van der Waals surface area (Å²) in [5, 5.41) is 6.44. The second kappa shape index (κ2) is 6.29. The summed E-state index contributed by atoms with van der Waals surface area (Å²) >= 11 is 0. The van der Waals surface area contributed by atoms with Gasteiger partial charge in [-0.25, -0.2) is 0 Å². The van der Waals surface area contributed by atoms with Gasteiger partial charge >= 0.3 is 0 Å². The van der Waals surface area contributed by atoms with Crippen LogP contribution in [0.5, 0.6) is 0 Å². The van der Waals surface area contributed by atoms with E-state index in [1.807, 2.05) is 31.2 Å². The summed E-state index contributed by atoms with van der Waals surface area (Å²) in [6.45, 7) is 7.48. The molecule has 1 aromatic rings. The lowest BCUT2D eigenvalue weighted by atomic mass is 9.75. The van der Waals surface area contributed by atoms with Gasteiger partial charge in [-0.3, -0.25) is 4.79 Å². The maximum Gasteiger partial charge on any atom is 0.253 e. The number of rotatable bonds is 4. The van der Waals surface area contributed by atoms with Gasteiger partial charge in [0.05, 0.1) is 5.56 Å². The number of carbonyl (C=O) groups is 1. The van der Waals surface area contributed by atoms with E-state index in [4.69, 9.17) is 0 Å². The van der Waals surface area contributed by atoms with Gasteiger partial charge < -0.3 is 10.6 Å². The summed E-state index contributed by atoms with van der Waals surface area (Å²) in [4.78, 5) is 12.4. The van der Waals surface area contributed by atoms with Gasteiger partial charge in [-0.05, 0) is 50.2 Å². The number of nitrogens with one attached hydrogen (secondary N) is 2. The number of hydrogen-bond donors (Lipinski definition) is 2. The minimum atomic E-state index is 0.0475. The number of benzene rings is 1. The fourth-order valence-corrected chi connectivity index (χ4v) is 2.83. The first-order valence-electron chi connectivity index (χ1n) is 7.65. The molecule has 3 heteroatoms. The molecule has 1 aliphatic rings. The summed E-state index contributed by atoms with van der Waals surface area (Å²) < 4.78 is 0. The van der Waals surface area contributed by atoms with Crippen LogP contribution in [0.4, 0.5) is 5.69 Å². The molecule has 2 N–H and O–H groups in total. The third-order valence-corrected chi connectivity index (χ3v) is 4.21. The molecule has 0 unspecified atom stereocenters. The number of para-hydroxylation sites is 1. The number of carbonyl (C=O) groups excluding carboxylic acids is 1. The molecule has 0 atom stereocenters. The Hall–Kier alpha value is -1.51. The van der Waals surface area contributed by atoms with Crippen molar-refractivity contribution in [1.82, 2.24) is 5.32 Å². The first-order valence-corrected chi connectivity index (χ1v) is 7.65. The fourth-order valence-electron chi connectivity index (χ4n) is 2.83. The third kappa shape index (κ3) is 3.75. The largest absolute Gasteiger partial charge is 0.385 e. The maximum absolute atomic E-state index is 12.4. The molecule has 20 heavy (non-hydrogen) atoms. The van der Waals surface area contributed by atoms with Crippen molar-refractivity contribution in [2.45, 2.75) is 52.5 Å². The zero-order chi connectivity index (χ0) is 14.6. The molecule has 3 nitrogen and oxygen atoms in total. The van der Waals surface area contributed by atoms with E-state index in [0.29, 0.717) is 11.5 Å². The van der Waals surface area contributed by atoms with Crippen molar-refractivity contribution in [2.24, 2.45) is 5.41 Å². The van der Waals surface area contributed by atoms with Crippen LogP contribution in [0, 0.1) is 5.41 Å². The average molecular weight is 274 g/mol. The van der Waals surface area contributed by atoms with Crippen LogP contribution >= 0.6 is 0 Å². The van der Waals surface area contributed by atoms with Crippen molar-refractivity contribution in [1.29, 1.82) is 0 Å². The van der Waals surface area contributed by atoms with E-state index in [0.717, 1.165) is 30.6 Å². The Morgan fingerprint density at radius 2 is 1.90 bits per heavy atom. The van der Waals surface area contributed by atoms with Gasteiger partial charge in [0.1, 0.15) is 0 Å². The Bertz CT molecular complexity index is 458. The van der Waals surface area contributed by atoms with E-state index in [1.165, 1.54) is 12.8 Å². The lowest BCUT2D eigenvalue weighted by Gasteiger charge is -2.34. The van der Waals surface area contributed by atoms with Crippen molar-refractivity contribution in [3.05, 3.63) is 29.8 Å². The topological polar surface area (TPSA) is 41.1 Å². The summed E-state index contributed by atoms with van der Waals surface area (Å²) in [7, 11) is 0. The van der Waals surface area contributed by atoms with Gasteiger partial charge in [-0.2, -0.15) is 0 Å². The molecule has 1 amide bonds. The molecule has 0 spiro atoms. The molecule has 0 heterocycles. The number of amides is 1. The van der Waals surface area contributed by atoms with Crippen LogP contribution < -0.4 is 10.6 Å². The molecule has 0 radical (unpaired) electrons. The maximum atomic E-state index is 12.4. The lowest BCUT2D eigenvalue weighted by Crippen LogP contribution is -2.39. The highest BCUT2D eigenvalue weighted by atomic mass is 16.1. The van der Waals surface area contributed by atoms with Crippen molar-refractivity contribution in [2.75, 3.05) is 11.9 Å². The van der Waals surface area contributed by atoms with E-state index in [-0.39, 0.29) is 5.91 Å². The summed E-state index contributed by atoms with van der Waals surface area (Å²) in [6, 6.07) is 8.05. The summed E-state index contributed by atoms with van der Waals surface area (Å²) in [5.74, 6) is 0.0475. The Labute approximate surface area is 122 Å². The molecule has 0 aromatic heterocycles.